The Balaban J connectivity index is 2.04. The third kappa shape index (κ3) is 4.19. The summed E-state index contributed by atoms with van der Waals surface area (Å²) < 4.78 is 29.5. The first-order valence-electron chi connectivity index (χ1n) is 6.77. The van der Waals surface area contributed by atoms with Crippen molar-refractivity contribution in [3.63, 3.8) is 0 Å². The van der Waals surface area contributed by atoms with Crippen molar-refractivity contribution in [3.05, 3.63) is 53.5 Å². The molecule has 0 saturated carbocycles. The maximum atomic E-state index is 12.1. The van der Waals surface area contributed by atoms with E-state index in [1.54, 1.807) is 38.1 Å². The van der Waals surface area contributed by atoms with Gasteiger partial charge in [0, 0.05) is 0 Å². The number of rotatable bonds is 5. The average Bonchev–Trinajstić information content (AvgIpc) is 2.85. The van der Waals surface area contributed by atoms with Gasteiger partial charge in [-0.2, -0.15) is 5.10 Å². The van der Waals surface area contributed by atoms with Crippen LogP contribution in [-0.2, 0) is 9.84 Å². The number of carbonyl (C=O) groups is 1. The monoisotopic (exact) mass is 335 g/mol. The fraction of sp³-hybridized carbons (Fsp3) is 0.200. The van der Waals surface area contributed by atoms with Crippen LogP contribution in [-0.4, -0.2) is 25.9 Å². The number of sulfone groups is 1. The molecule has 0 aliphatic carbocycles. The Morgan fingerprint density at radius 3 is 2.48 bits per heavy atom. The summed E-state index contributed by atoms with van der Waals surface area (Å²) >= 11 is 0. The number of amidine groups is 1. The number of hydrogen-bond donors (Lipinski definition) is 2. The van der Waals surface area contributed by atoms with Crippen LogP contribution in [0.4, 0.5) is 0 Å². The SMILES string of the molecule is Cc1cc(C(=O)NN=C(N)CS(=O)(=O)c2ccccc2)oc1C. The van der Waals surface area contributed by atoms with Crippen molar-refractivity contribution in [1.29, 1.82) is 0 Å². The van der Waals surface area contributed by atoms with Crippen molar-refractivity contribution in [2.45, 2.75) is 18.7 Å². The van der Waals surface area contributed by atoms with Crippen molar-refractivity contribution in [2.24, 2.45) is 10.8 Å². The molecular weight excluding hydrogens is 318 g/mol. The van der Waals surface area contributed by atoms with Gasteiger partial charge in [-0.25, -0.2) is 13.8 Å². The number of hydrazone groups is 1. The zero-order valence-electron chi connectivity index (χ0n) is 12.7. The molecule has 0 spiro atoms. The molecule has 0 unspecified atom stereocenters. The Morgan fingerprint density at radius 2 is 1.91 bits per heavy atom. The number of nitrogens with two attached hydrogens (primary N) is 1. The number of aryl methyl sites for hydroxylation is 2. The van der Waals surface area contributed by atoms with Crippen LogP contribution >= 0.6 is 0 Å². The number of benzene rings is 1. The first kappa shape index (κ1) is 16.8. The Labute approximate surface area is 134 Å². The minimum Gasteiger partial charge on any atom is -0.456 e. The van der Waals surface area contributed by atoms with Gasteiger partial charge in [0.2, 0.25) is 0 Å². The number of amides is 1. The first-order valence-corrected chi connectivity index (χ1v) is 8.42. The molecule has 1 heterocycles. The van der Waals surface area contributed by atoms with E-state index in [2.05, 4.69) is 10.5 Å². The van der Waals surface area contributed by atoms with E-state index in [4.69, 9.17) is 10.2 Å². The smallest absolute Gasteiger partial charge is 0.307 e. The molecule has 0 fully saturated rings. The van der Waals surface area contributed by atoms with Gasteiger partial charge >= 0.3 is 5.91 Å². The second-order valence-electron chi connectivity index (χ2n) is 4.97. The lowest BCUT2D eigenvalue weighted by molar-refractivity contribution is 0.0925. The van der Waals surface area contributed by atoms with Crippen LogP contribution in [0.1, 0.15) is 21.9 Å². The number of hydrogen-bond acceptors (Lipinski definition) is 5. The molecule has 0 aliphatic rings. The van der Waals surface area contributed by atoms with E-state index in [0.717, 1.165) is 5.56 Å². The lowest BCUT2D eigenvalue weighted by Crippen LogP contribution is -2.28. The normalized spacial score (nSPS) is 12.2. The van der Waals surface area contributed by atoms with Gasteiger partial charge in [-0.15, -0.1) is 0 Å². The molecule has 2 rings (SSSR count). The molecule has 2 aromatic rings. The molecule has 1 amide bonds. The minimum atomic E-state index is -3.61. The number of furan rings is 1. The summed E-state index contributed by atoms with van der Waals surface area (Å²) in [5.74, 6) is -0.599. The molecular formula is C15H17N3O4S. The second-order valence-corrected chi connectivity index (χ2v) is 6.96. The second kappa shape index (κ2) is 6.66. The van der Waals surface area contributed by atoms with Crippen molar-refractivity contribution in [2.75, 3.05) is 5.75 Å². The molecule has 122 valence electrons. The molecule has 0 radical (unpaired) electrons. The third-order valence-electron chi connectivity index (χ3n) is 3.13. The van der Waals surface area contributed by atoms with E-state index in [1.165, 1.54) is 12.1 Å². The maximum Gasteiger partial charge on any atom is 0.307 e. The van der Waals surface area contributed by atoms with Crippen LogP contribution in [0.2, 0.25) is 0 Å². The van der Waals surface area contributed by atoms with Crippen molar-refractivity contribution < 1.29 is 17.6 Å². The average molecular weight is 335 g/mol. The largest absolute Gasteiger partial charge is 0.456 e. The summed E-state index contributed by atoms with van der Waals surface area (Å²) in [6.07, 6.45) is 0. The quantitative estimate of drug-likeness (QED) is 0.486. The summed E-state index contributed by atoms with van der Waals surface area (Å²) in [6, 6.07) is 9.44. The van der Waals surface area contributed by atoms with E-state index in [9.17, 15) is 13.2 Å². The molecule has 8 heteroatoms. The Hall–Kier alpha value is -2.61. The molecule has 0 saturated heterocycles. The predicted molar refractivity (Wildman–Crippen MR) is 85.8 cm³/mol. The van der Waals surface area contributed by atoms with Crippen molar-refractivity contribution >= 4 is 21.6 Å². The van der Waals surface area contributed by atoms with E-state index >= 15 is 0 Å². The molecule has 1 aromatic carbocycles. The van der Waals surface area contributed by atoms with Crippen LogP contribution in [0.5, 0.6) is 0 Å². The lowest BCUT2D eigenvalue weighted by atomic mass is 10.3. The highest BCUT2D eigenvalue weighted by molar-refractivity contribution is 7.92. The minimum absolute atomic E-state index is 0.0856. The van der Waals surface area contributed by atoms with Gasteiger partial charge in [-0.05, 0) is 37.6 Å². The fourth-order valence-electron chi connectivity index (χ4n) is 1.80. The van der Waals surface area contributed by atoms with Gasteiger partial charge in [0.05, 0.1) is 4.90 Å². The molecule has 3 N–H and O–H groups in total. The standard InChI is InChI=1S/C15H17N3O4S/c1-10-8-13(22-11(10)2)15(19)18-17-14(16)9-23(20,21)12-6-4-3-5-7-12/h3-8H,9H2,1-2H3,(H2,16,17)(H,18,19). The number of nitrogens with zero attached hydrogens (tertiary/aromatic N) is 1. The molecule has 0 atom stereocenters. The van der Waals surface area contributed by atoms with Gasteiger partial charge in [-0.3, -0.25) is 4.79 Å². The van der Waals surface area contributed by atoms with E-state index in [-0.39, 0.29) is 16.5 Å². The summed E-state index contributed by atoms with van der Waals surface area (Å²) in [6.45, 7) is 3.54. The van der Waals surface area contributed by atoms with Crippen LogP contribution in [0, 0.1) is 13.8 Å². The zero-order chi connectivity index (χ0) is 17.0. The van der Waals surface area contributed by atoms with Crippen LogP contribution in [0.25, 0.3) is 0 Å². The van der Waals surface area contributed by atoms with E-state index in [1.807, 2.05) is 0 Å². The van der Waals surface area contributed by atoms with Crippen LogP contribution < -0.4 is 11.2 Å². The highest BCUT2D eigenvalue weighted by Crippen LogP contribution is 2.13. The molecule has 23 heavy (non-hydrogen) atoms. The van der Waals surface area contributed by atoms with Gasteiger partial charge in [0.25, 0.3) is 0 Å². The highest BCUT2D eigenvalue weighted by atomic mass is 32.2. The molecule has 0 aliphatic heterocycles. The third-order valence-corrected chi connectivity index (χ3v) is 4.80. The number of carbonyl (C=O) groups excluding carboxylic acids is 1. The first-order chi connectivity index (χ1) is 10.8. The van der Waals surface area contributed by atoms with Gasteiger partial charge < -0.3 is 10.2 Å². The molecule has 1 aromatic heterocycles. The van der Waals surface area contributed by atoms with Crippen LogP contribution in [0.3, 0.4) is 0 Å². The van der Waals surface area contributed by atoms with Crippen LogP contribution in [0.15, 0.2) is 50.8 Å². The predicted octanol–water partition coefficient (Wildman–Crippen LogP) is 1.37. The Kier molecular flexibility index (Phi) is 4.85. The van der Waals surface area contributed by atoms with Gasteiger partial charge in [0.1, 0.15) is 17.3 Å². The van der Waals surface area contributed by atoms with Gasteiger partial charge in [-0.1, -0.05) is 18.2 Å². The van der Waals surface area contributed by atoms with E-state index < -0.39 is 21.5 Å². The Bertz CT molecular complexity index is 819. The maximum absolute atomic E-state index is 12.1. The zero-order valence-corrected chi connectivity index (χ0v) is 13.6. The van der Waals surface area contributed by atoms with Crippen molar-refractivity contribution in [3.8, 4) is 0 Å². The summed E-state index contributed by atoms with van der Waals surface area (Å²) in [7, 11) is -3.61. The molecule has 7 nitrogen and oxygen atoms in total. The lowest BCUT2D eigenvalue weighted by Gasteiger charge is -2.04. The van der Waals surface area contributed by atoms with E-state index in [0.29, 0.717) is 5.76 Å². The summed E-state index contributed by atoms with van der Waals surface area (Å²) in [5, 5.41) is 3.61. The van der Waals surface area contributed by atoms with Gasteiger partial charge in [0.15, 0.2) is 15.6 Å². The fourth-order valence-corrected chi connectivity index (χ4v) is 2.99. The summed E-state index contributed by atoms with van der Waals surface area (Å²) in [4.78, 5) is 12.0. The molecule has 0 bridgehead atoms. The summed E-state index contributed by atoms with van der Waals surface area (Å²) in [5.41, 5.74) is 8.60. The van der Waals surface area contributed by atoms with Crippen molar-refractivity contribution in [1.82, 2.24) is 5.43 Å². The Morgan fingerprint density at radius 1 is 1.26 bits per heavy atom. The highest BCUT2D eigenvalue weighted by Gasteiger charge is 2.17. The topological polar surface area (TPSA) is 115 Å². The number of nitrogens with one attached hydrogen (secondary N) is 1.